The van der Waals surface area contributed by atoms with Gasteiger partial charge < -0.3 is 14.9 Å². The first kappa shape index (κ1) is 22.1. The van der Waals surface area contributed by atoms with Crippen LogP contribution < -0.4 is 0 Å². The Morgan fingerprint density at radius 3 is 1.61 bits per heavy atom. The molecule has 0 aromatic heterocycles. The average Bonchev–Trinajstić information content (AvgIpc) is 2.38. The second kappa shape index (κ2) is 18.3. The molecule has 0 unspecified atom stereocenters. The molecule has 0 bridgehead atoms. The van der Waals surface area contributed by atoms with Gasteiger partial charge >= 0.3 is 0 Å². The Morgan fingerprint density at radius 1 is 1.06 bits per heavy atom. The minimum Gasteiger partial charge on any atom is -0.508 e. The minimum atomic E-state index is 0.329. The zero-order valence-electron chi connectivity index (χ0n) is 12.9. The van der Waals surface area contributed by atoms with Gasteiger partial charge in [0.1, 0.15) is 5.75 Å². The molecule has 0 aliphatic rings. The van der Waals surface area contributed by atoms with Crippen molar-refractivity contribution in [2.75, 3.05) is 13.7 Å². The van der Waals surface area contributed by atoms with E-state index in [2.05, 4.69) is 0 Å². The van der Waals surface area contributed by atoms with Crippen LogP contribution in [0.4, 0.5) is 0 Å². The van der Waals surface area contributed by atoms with Gasteiger partial charge in [0.15, 0.2) is 0 Å². The van der Waals surface area contributed by atoms with E-state index in [4.69, 9.17) is 14.9 Å². The number of aryl methyl sites for hydroxylation is 1. The molecular weight excluding hydrogens is 228 g/mol. The van der Waals surface area contributed by atoms with E-state index in [9.17, 15) is 0 Å². The number of phenolic OH excluding ortho intramolecular Hbond substituents is 1. The minimum absolute atomic E-state index is 0.329. The van der Waals surface area contributed by atoms with E-state index >= 15 is 0 Å². The molecule has 18 heavy (non-hydrogen) atoms. The van der Waals surface area contributed by atoms with Crippen LogP contribution in [0.2, 0.25) is 0 Å². The average molecular weight is 258 g/mol. The number of aromatic hydroxyl groups is 1. The van der Waals surface area contributed by atoms with Crippen molar-refractivity contribution in [3.05, 3.63) is 29.8 Å². The summed E-state index contributed by atoms with van der Waals surface area (Å²) in [5, 5.41) is 15.8. The maximum Gasteiger partial charge on any atom is 0.115 e. The van der Waals surface area contributed by atoms with Crippen molar-refractivity contribution in [2.24, 2.45) is 0 Å². The highest BCUT2D eigenvalue weighted by molar-refractivity contribution is 5.24. The van der Waals surface area contributed by atoms with Crippen LogP contribution in [-0.2, 0) is 4.74 Å². The molecule has 1 aromatic rings. The van der Waals surface area contributed by atoms with E-state index in [-0.39, 0.29) is 0 Å². The molecule has 0 fully saturated rings. The summed E-state index contributed by atoms with van der Waals surface area (Å²) in [6.45, 7) is 12.9. The third-order valence-corrected chi connectivity index (χ3v) is 1.53. The van der Waals surface area contributed by atoms with Crippen LogP contribution in [0.25, 0.3) is 0 Å². The third-order valence-electron chi connectivity index (χ3n) is 1.53. The van der Waals surface area contributed by atoms with Gasteiger partial charge in [-0.1, -0.05) is 31.5 Å². The molecule has 1 aromatic carbocycles. The number of ether oxygens (including phenoxy) is 1. The van der Waals surface area contributed by atoms with Gasteiger partial charge in [-0.2, -0.15) is 0 Å². The Kier molecular flexibility index (Phi) is 22.5. The zero-order chi connectivity index (χ0) is 15.0. The second-order valence-electron chi connectivity index (χ2n) is 3.34. The van der Waals surface area contributed by atoms with E-state index in [1.54, 1.807) is 12.1 Å². The van der Waals surface area contributed by atoms with Gasteiger partial charge in [0.25, 0.3) is 0 Å². The summed E-state index contributed by atoms with van der Waals surface area (Å²) in [4.78, 5) is 0. The molecule has 0 aliphatic carbocycles. The Morgan fingerprint density at radius 2 is 1.44 bits per heavy atom. The van der Waals surface area contributed by atoms with Crippen molar-refractivity contribution in [3.63, 3.8) is 0 Å². The standard InChI is InChI=1S/C7H8O.C5H12O.C2H6.CH4O/c1-6-2-4-7(8)5-3-6;1-4-6-5(2)3;2*1-2/h2-5,8H,1H3;5H,4H2,1-3H3;1-2H3;2H,1H3. The third kappa shape index (κ3) is 20.4. The summed E-state index contributed by atoms with van der Waals surface area (Å²) >= 11 is 0. The lowest BCUT2D eigenvalue weighted by Gasteiger charge is -2.00. The Bertz CT molecular complexity index is 209. The first-order chi connectivity index (χ1) is 8.56. The van der Waals surface area contributed by atoms with Crippen LogP contribution in [0.1, 0.15) is 40.2 Å². The molecule has 108 valence electrons. The number of hydrogen-bond acceptors (Lipinski definition) is 3. The molecule has 0 spiro atoms. The molecule has 2 N–H and O–H groups in total. The number of rotatable bonds is 2. The highest BCUT2D eigenvalue weighted by atomic mass is 16.5. The van der Waals surface area contributed by atoms with E-state index in [1.807, 2.05) is 53.7 Å². The highest BCUT2D eigenvalue weighted by Gasteiger charge is 1.84. The smallest absolute Gasteiger partial charge is 0.115 e. The van der Waals surface area contributed by atoms with Crippen molar-refractivity contribution >= 4 is 0 Å². The maximum absolute atomic E-state index is 8.76. The fourth-order valence-electron chi connectivity index (χ4n) is 0.878. The number of benzene rings is 1. The topological polar surface area (TPSA) is 49.7 Å². The number of hydrogen-bond donors (Lipinski definition) is 2. The lowest BCUT2D eigenvalue weighted by atomic mass is 10.2. The van der Waals surface area contributed by atoms with Crippen molar-refractivity contribution in [3.8, 4) is 5.75 Å². The molecule has 0 heterocycles. The summed E-state index contributed by atoms with van der Waals surface area (Å²) < 4.78 is 5.04. The Hall–Kier alpha value is -1.06. The lowest BCUT2D eigenvalue weighted by molar-refractivity contribution is 0.0899. The van der Waals surface area contributed by atoms with Gasteiger partial charge in [-0.15, -0.1) is 0 Å². The molecule has 1 rings (SSSR count). The maximum atomic E-state index is 8.76. The normalized spacial score (nSPS) is 8.06. The van der Waals surface area contributed by atoms with Crippen LogP contribution >= 0.6 is 0 Å². The molecule has 0 aliphatic heterocycles. The van der Waals surface area contributed by atoms with E-state index in [0.29, 0.717) is 11.9 Å². The predicted molar refractivity (Wildman–Crippen MR) is 79.1 cm³/mol. The Balaban J connectivity index is -0.000000201. The van der Waals surface area contributed by atoms with Gasteiger partial charge in [-0.05, 0) is 39.8 Å². The van der Waals surface area contributed by atoms with Gasteiger partial charge in [-0.25, -0.2) is 0 Å². The Labute approximate surface area is 112 Å². The number of aliphatic hydroxyl groups excluding tert-OH is 1. The second-order valence-corrected chi connectivity index (χ2v) is 3.34. The quantitative estimate of drug-likeness (QED) is 0.849. The molecule has 3 nitrogen and oxygen atoms in total. The SMILES string of the molecule is CC.CCOC(C)C.CO.Cc1ccc(O)cc1. The summed E-state index contributed by atoms with van der Waals surface area (Å²) in [6.07, 6.45) is 0.398. The molecule has 0 atom stereocenters. The first-order valence-electron chi connectivity index (χ1n) is 6.38. The molecule has 0 amide bonds. The summed E-state index contributed by atoms with van der Waals surface area (Å²) in [7, 11) is 1.00. The molecule has 3 heteroatoms. The summed E-state index contributed by atoms with van der Waals surface area (Å²) in [5.41, 5.74) is 1.17. The zero-order valence-corrected chi connectivity index (χ0v) is 12.9. The van der Waals surface area contributed by atoms with Crippen molar-refractivity contribution in [1.29, 1.82) is 0 Å². The van der Waals surface area contributed by atoms with Crippen molar-refractivity contribution in [1.82, 2.24) is 0 Å². The molecule has 0 radical (unpaired) electrons. The highest BCUT2D eigenvalue weighted by Crippen LogP contribution is 2.07. The van der Waals surface area contributed by atoms with Gasteiger partial charge in [0, 0.05) is 13.7 Å². The summed E-state index contributed by atoms with van der Waals surface area (Å²) in [5.74, 6) is 0.329. The number of phenols is 1. The van der Waals surface area contributed by atoms with E-state index in [0.717, 1.165) is 13.7 Å². The van der Waals surface area contributed by atoms with Gasteiger partial charge in [-0.3, -0.25) is 0 Å². The van der Waals surface area contributed by atoms with Crippen molar-refractivity contribution in [2.45, 2.75) is 47.6 Å². The number of aliphatic hydroxyl groups is 1. The molecule has 0 saturated carbocycles. The molecular formula is C15H30O3. The predicted octanol–water partition coefficient (Wildman–Crippen LogP) is 3.77. The fourth-order valence-corrected chi connectivity index (χ4v) is 0.878. The summed E-state index contributed by atoms with van der Waals surface area (Å²) in [6, 6.07) is 7.09. The van der Waals surface area contributed by atoms with Crippen molar-refractivity contribution < 1.29 is 14.9 Å². The monoisotopic (exact) mass is 258 g/mol. The van der Waals surface area contributed by atoms with Crippen LogP contribution in [0.15, 0.2) is 24.3 Å². The van der Waals surface area contributed by atoms with Crippen LogP contribution in [0.5, 0.6) is 5.75 Å². The van der Waals surface area contributed by atoms with E-state index in [1.165, 1.54) is 5.56 Å². The van der Waals surface area contributed by atoms with Crippen LogP contribution in [0.3, 0.4) is 0 Å². The van der Waals surface area contributed by atoms with E-state index < -0.39 is 0 Å². The lowest BCUT2D eigenvalue weighted by Crippen LogP contribution is -1.99. The molecule has 0 saturated heterocycles. The van der Waals surface area contributed by atoms with Gasteiger partial charge in [0.2, 0.25) is 0 Å². The van der Waals surface area contributed by atoms with Gasteiger partial charge in [0.05, 0.1) is 6.10 Å². The largest absolute Gasteiger partial charge is 0.508 e. The fraction of sp³-hybridized carbons (Fsp3) is 0.600. The van der Waals surface area contributed by atoms with Crippen LogP contribution in [0, 0.1) is 6.92 Å². The first-order valence-corrected chi connectivity index (χ1v) is 6.38. The van der Waals surface area contributed by atoms with Crippen LogP contribution in [-0.4, -0.2) is 30.0 Å².